The highest BCUT2D eigenvalue weighted by atomic mass is 32.2. The third-order valence-electron chi connectivity index (χ3n) is 13.7. The van der Waals surface area contributed by atoms with Crippen LogP contribution in [0.3, 0.4) is 0 Å². The standard InChI is InChI=1S/C61H42N2S/c1-61-35-34-47(39-55(61)51-17-9-11-19-60(51)64-61)43-22-29-48(30-23-43)62-56-18-10-8-16-50(56)52-37-45(25-32-57(52)62)46-26-33-59-54(38-46)53-36-44(41-14-6-3-7-15-41)24-31-58(53)63(59)49-27-20-42(21-28-49)40-12-4-2-5-13-40/h2-34,36-39H,35H2,1H3. The lowest BCUT2D eigenvalue weighted by Gasteiger charge is -2.28. The van der Waals surface area contributed by atoms with Gasteiger partial charge in [-0.1, -0.05) is 146 Å². The van der Waals surface area contributed by atoms with Gasteiger partial charge in [-0.15, -0.1) is 11.8 Å². The molecule has 2 aromatic heterocycles. The van der Waals surface area contributed by atoms with Gasteiger partial charge in [-0.3, -0.25) is 0 Å². The molecule has 0 saturated heterocycles. The first-order valence-electron chi connectivity index (χ1n) is 22.2. The Morgan fingerprint density at radius 1 is 0.391 bits per heavy atom. The lowest BCUT2D eigenvalue weighted by atomic mass is 9.83. The average molecular weight is 835 g/mol. The van der Waals surface area contributed by atoms with Crippen LogP contribution in [0.15, 0.2) is 229 Å². The van der Waals surface area contributed by atoms with Crippen LogP contribution < -0.4 is 0 Å². The number of thioether (sulfide) groups is 1. The zero-order valence-electron chi connectivity index (χ0n) is 35.4. The third kappa shape index (κ3) is 5.88. The molecule has 1 aliphatic heterocycles. The monoisotopic (exact) mass is 834 g/mol. The molecule has 3 heteroatoms. The van der Waals surface area contributed by atoms with Crippen molar-refractivity contribution in [2.24, 2.45) is 0 Å². The number of nitrogens with zero attached hydrogens (tertiary/aromatic N) is 2. The van der Waals surface area contributed by atoms with Crippen LogP contribution in [0.25, 0.3) is 99.5 Å². The molecule has 1 unspecified atom stereocenters. The summed E-state index contributed by atoms with van der Waals surface area (Å²) in [6, 6.07) is 78.2. The number of benzene rings is 9. The Hall–Kier alpha value is -7.59. The maximum absolute atomic E-state index is 2.43. The highest BCUT2D eigenvalue weighted by Crippen LogP contribution is 2.57. The van der Waals surface area contributed by atoms with Gasteiger partial charge >= 0.3 is 0 Å². The number of para-hydroxylation sites is 1. The van der Waals surface area contributed by atoms with E-state index in [1.807, 2.05) is 11.8 Å². The largest absolute Gasteiger partial charge is 0.309 e. The second kappa shape index (κ2) is 14.5. The summed E-state index contributed by atoms with van der Waals surface area (Å²) in [6.07, 6.45) is 5.89. The molecule has 0 fully saturated rings. The SMILES string of the molecule is CC12CC=C(c3ccc(-n4c5ccccc5c5cc(-c6ccc7c(c6)c6cc(-c8ccccc8)ccc6n7-c6ccc(-c7ccccc7)cc6)ccc54)cc3)C=C1c1ccccc1S2. The number of aromatic nitrogens is 2. The predicted octanol–water partition coefficient (Wildman–Crippen LogP) is 16.6. The van der Waals surface area contributed by atoms with Crippen molar-refractivity contribution in [3.05, 3.63) is 236 Å². The molecule has 0 saturated carbocycles. The molecule has 11 aromatic rings. The van der Waals surface area contributed by atoms with Crippen molar-refractivity contribution in [3.8, 4) is 44.8 Å². The van der Waals surface area contributed by atoms with Crippen molar-refractivity contribution < 1.29 is 0 Å². The molecule has 2 nitrogen and oxygen atoms in total. The van der Waals surface area contributed by atoms with E-state index in [9.17, 15) is 0 Å². The lowest BCUT2D eigenvalue weighted by Crippen LogP contribution is -2.19. The van der Waals surface area contributed by atoms with Crippen LogP contribution >= 0.6 is 11.8 Å². The lowest BCUT2D eigenvalue weighted by molar-refractivity contribution is 0.831. The first-order valence-corrected chi connectivity index (χ1v) is 23.0. The molecular weight excluding hydrogens is 793 g/mol. The van der Waals surface area contributed by atoms with Gasteiger partial charge in [0.25, 0.3) is 0 Å². The van der Waals surface area contributed by atoms with Gasteiger partial charge in [-0.2, -0.15) is 0 Å². The van der Waals surface area contributed by atoms with Gasteiger partial charge in [0, 0.05) is 42.6 Å². The number of fused-ring (bicyclic) bond motifs is 9. The topological polar surface area (TPSA) is 9.86 Å². The van der Waals surface area contributed by atoms with Gasteiger partial charge < -0.3 is 9.13 Å². The molecule has 0 spiro atoms. The predicted molar refractivity (Wildman–Crippen MR) is 273 cm³/mol. The van der Waals surface area contributed by atoms with Crippen LogP contribution in [0.5, 0.6) is 0 Å². The smallest absolute Gasteiger partial charge is 0.0541 e. The molecule has 2 aliphatic rings. The summed E-state index contributed by atoms with van der Waals surface area (Å²) in [7, 11) is 0. The summed E-state index contributed by atoms with van der Waals surface area (Å²) < 4.78 is 4.95. The van der Waals surface area contributed by atoms with Crippen LogP contribution in [0.2, 0.25) is 0 Å². The van der Waals surface area contributed by atoms with Crippen molar-refractivity contribution >= 4 is 66.5 Å². The Balaban J connectivity index is 0.902. The van der Waals surface area contributed by atoms with E-state index < -0.39 is 0 Å². The van der Waals surface area contributed by atoms with Crippen molar-refractivity contribution in [3.63, 3.8) is 0 Å². The van der Waals surface area contributed by atoms with Gasteiger partial charge in [0.15, 0.2) is 0 Å². The summed E-state index contributed by atoms with van der Waals surface area (Å²) in [5.41, 5.74) is 19.8. The van der Waals surface area contributed by atoms with E-state index in [1.54, 1.807) is 0 Å². The average Bonchev–Trinajstić information content (AvgIpc) is 3.98. The van der Waals surface area contributed by atoms with Crippen LogP contribution in [0.4, 0.5) is 0 Å². The fraction of sp³-hybridized carbons (Fsp3) is 0.0492. The number of rotatable bonds is 6. The molecule has 3 heterocycles. The Morgan fingerprint density at radius 3 is 1.44 bits per heavy atom. The maximum atomic E-state index is 2.43. The molecule has 13 rings (SSSR count). The first-order chi connectivity index (χ1) is 31.6. The summed E-state index contributed by atoms with van der Waals surface area (Å²) in [6.45, 7) is 2.39. The summed E-state index contributed by atoms with van der Waals surface area (Å²) in [4.78, 5) is 1.39. The molecule has 1 aliphatic carbocycles. The fourth-order valence-electron chi connectivity index (χ4n) is 10.4. The highest BCUT2D eigenvalue weighted by Gasteiger charge is 2.39. The molecule has 0 radical (unpaired) electrons. The minimum Gasteiger partial charge on any atom is -0.309 e. The Bertz CT molecular complexity index is 3700. The zero-order valence-corrected chi connectivity index (χ0v) is 36.2. The van der Waals surface area contributed by atoms with Gasteiger partial charge in [0.1, 0.15) is 0 Å². The zero-order chi connectivity index (χ0) is 42.4. The second-order valence-corrected chi connectivity index (χ2v) is 19.0. The second-order valence-electron chi connectivity index (χ2n) is 17.5. The molecule has 0 N–H and O–H groups in total. The van der Waals surface area contributed by atoms with Crippen LogP contribution in [0, 0.1) is 0 Å². The van der Waals surface area contributed by atoms with E-state index in [0.717, 1.165) is 12.1 Å². The minimum atomic E-state index is 0.0986. The Morgan fingerprint density at radius 2 is 0.828 bits per heavy atom. The number of allylic oxidation sites excluding steroid dienone is 3. The van der Waals surface area contributed by atoms with E-state index in [2.05, 4.69) is 241 Å². The molecule has 64 heavy (non-hydrogen) atoms. The van der Waals surface area contributed by atoms with Gasteiger partial charge in [0.05, 0.1) is 22.1 Å². The molecule has 302 valence electrons. The van der Waals surface area contributed by atoms with E-state index in [0.29, 0.717) is 0 Å². The van der Waals surface area contributed by atoms with Gasteiger partial charge in [-0.05, 0) is 148 Å². The van der Waals surface area contributed by atoms with Crippen molar-refractivity contribution in [1.29, 1.82) is 0 Å². The minimum absolute atomic E-state index is 0.0986. The fourth-order valence-corrected chi connectivity index (χ4v) is 11.8. The molecular formula is C61H42N2S. The van der Waals surface area contributed by atoms with E-state index in [1.165, 1.54) is 110 Å². The van der Waals surface area contributed by atoms with Gasteiger partial charge in [0.2, 0.25) is 0 Å². The van der Waals surface area contributed by atoms with E-state index in [-0.39, 0.29) is 4.75 Å². The Labute approximate surface area is 377 Å². The van der Waals surface area contributed by atoms with Crippen LogP contribution in [-0.4, -0.2) is 13.9 Å². The van der Waals surface area contributed by atoms with Crippen LogP contribution in [-0.2, 0) is 0 Å². The summed E-state index contributed by atoms with van der Waals surface area (Å²) in [5.74, 6) is 0. The summed E-state index contributed by atoms with van der Waals surface area (Å²) in [5, 5.41) is 4.99. The quantitative estimate of drug-likeness (QED) is 0.162. The molecule has 9 aromatic carbocycles. The molecule has 1 atom stereocenters. The first kappa shape index (κ1) is 37.0. The maximum Gasteiger partial charge on any atom is 0.0541 e. The third-order valence-corrected chi connectivity index (χ3v) is 15.1. The normalized spacial score (nSPS) is 15.7. The van der Waals surface area contributed by atoms with E-state index in [4.69, 9.17) is 0 Å². The molecule has 0 amide bonds. The number of hydrogen-bond acceptors (Lipinski definition) is 1. The van der Waals surface area contributed by atoms with Crippen molar-refractivity contribution in [2.45, 2.75) is 23.0 Å². The van der Waals surface area contributed by atoms with Crippen molar-refractivity contribution in [1.82, 2.24) is 9.13 Å². The Kier molecular flexibility index (Phi) is 8.38. The highest BCUT2D eigenvalue weighted by molar-refractivity contribution is 8.01. The number of hydrogen-bond donors (Lipinski definition) is 0. The van der Waals surface area contributed by atoms with E-state index >= 15 is 0 Å². The summed E-state index contributed by atoms with van der Waals surface area (Å²) >= 11 is 2.00. The molecule has 0 bridgehead atoms. The van der Waals surface area contributed by atoms with Crippen molar-refractivity contribution in [2.75, 3.05) is 0 Å². The van der Waals surface area contributed by atoms with Gasteiger partial charge in [-0.25, -0.2) is 0 Å². The van der Waals surface area contributed by atoms with Crippen LogP contribution in [0.1, 0.15) is 24.5 Å².